The van der Waals surface area contributed by atoms with E-state index in [-0.39, 0.29) is 16.7 Å². The molecular weight excluding hydrogens is 288 g/mol. The van der Waals surface area contributed by atoms with Gasteiger partial charge in [0, 0.05) is 17.0 Å². The summed E-state index contributed by atoms with van der Waals surface area (Å²) in [6.45, 7) is 5.20. The average Bonchev–Trinajstić information content (AvgIpc) is 2.93. The zero-order chi connectivity index (χ0) is 14.9. The van der Waals surface area contributed by atoms with Crippen molar-refractivity contribution < 1.29 is 9.53 Å². The van der Waals surface area contributed by atoms with Gasteiger partial charge in [0.15, 0.2) is 5.60 Å². The van der Waals surface area contributed by atoms with Crippen LogP contribution >= 0.6 is 11.6 Å². The van der Waals surface area contributed by atoms with Crippen LogP contribution in [0, 0.1) is 16.7 Å². The zero-order valence-electron chi connectivity index (χ0n) is 12.3. The van der Waals surface area contributed by atoms with Crippen LogP contribution in [0.2, 0.25) is 5.02 Å². The van der Waals surface area contributed by atoms with Gasteiger partial charge >= 0.3 is 0 Å². The van der Waals surface area contributed by atoms with Crippen molar-refractivity contribution in [1.82, 2.24) is 4.98 Å². The van der Waals surface area contributed by atoms with Crippen LogP contribution in [0.15, 0.2) is 18.3 Å². The molecule has 2 aliphatic carbocycles. The fraction of sp³-hybridized carbons (Fsp3) is 0.625. The lowest BCUT2D eigenvalue weighted by Crippen LogP contribution is -2.52. The van der Waals surface area contributed by atoms with E-state index in [1.54, 1.807) is 12.1 Å². The minimum atomic E-state index is -0.689. The first-order chi connectivity index (χ1) is 9.91. The van der Waals surface area contributed by atoms with Crippen molar-refractivity contribution in [2.75, 3.05) is 11.9 Å². The summed E-state index contributed by atoms with van der Waals surface area (Å²) in [4.78, 5) is 17.1. The molecule has 4 nitrogen and oxygen atoms in total. The van der Waals surface area contributed by atoms with Crippen LogP contribution in [0.4, 0.5) is 5.82 Å². The van der Waals surface area contributed by atoms with Crippen LogP contribution < -0.4 is 5.32 Å². The molecule has 1 aromatic heterocycles. The van der Waals surface area contributed by atoms with Gasteiger partial charge in [-0.3, -0.25) is 4.79 Å². The van der Waals surface area contributed by atoms with Gasteiger partial charge in [0.25, 0.3) is 5.91 Å². The van der Waals surface area contributed by atoms with E-state index in [4.69, 9.17) is 16.3 Å². The third kappa shape index (κ3) is 1.45. The van der Waals surface area contributed by atoms with E-state index in [0.29, 0.717) is 23.4 Å². The van der Waals surface area contributed by atoms with Crippen molar-refractivity contribution in [2.24, 2.45) is 16.7 Å². The van der Waals surface area contributed by atoms with E-state index >= 15 is 0 Å². The highest BCUT2D eigenvalue weighted by Gasteiger charge is 2.78. The molecule has 0 unspecified atom stereocenters. The molecule has 1 aliphatic heterocycles. The van der Waals surface area contributed by atoms with Crippen LogP contribution in [-0.2, 0) is 9.53 Å². The molecular formula is C16H19ClN2O2. The SMILES string of the molecule is C[C@]12CC[C@H]3C[C@@]1(C(=O)Nc1ccc(Cl)cn1)OC[C@@]32C. The molecule has 1 amide bonds. The molecule has 1 N–H and O–H groups in total. The number of rotatable bonds is 2. The first kappa shape index (κ1) is 13.5. The van der Waals surface area contributed by atoms with Gasteiger partial charge in [-0.05, 0) is 37.3 Å². The normalized spacial score (nSPS) is 43.3. The van der Waals surface area contributed by atoms with Crippen molar-refractivity contribution in [3.63, 3.8) is 0 Å². The Morgan fingerprint density at radius 3 is 2.90 bits per heavy atom. The Morgan fingerprint density at radius 1 is 1.48 bits per heavy atom. The second-order valence-electron chi connectivity index (χ2n) is 7.12. The van der Waals surface area contributed by atoms with Gasteiger partial charge in [0.2, 0.25) is 0 Å². The highest BCUT2D eigenvalue weighted by molar-refractivity contribution is 6.30. The molecule has 4 rings (SSSR count). The van der Waals surface area contributed by atoms with Crippen molar-refractivity contribution >= 4 is 23.3 Å². The topological polar surface area (TPSA) is 51.2 Å². The number of carbonyl (C=O) groups is 1. The van der Waals surface area contributed by atoms with E-state index < -0.39 is 5.60 Å². The molecule has 21 heavy (non-hydrogen) atoms. The maximum absolute atomic E-state index is 12.9. The Morgan fingerprint density at radius 2 is 2.29 bits per heavy atom. The van der Waals surface area contributed by atoms with Crippen LogP contribution in [0.3, 0.4) is 0 Å². The average molecular weight is 307 g/mol. The Bertz CT molecular complexity index is 619. The lowest BCUT2D eigenvalue weighted by Gasteiger charge is -2.39. The summed E-state index contributed by atoms with van der Waals surface area (Å²) in [6, 6.07) is 3.45. The molecule has 4 bridgehead atoms. The Kier molecular flexibility index (Phi) is 2.57. The number of carbonyl (C=O) groups excluding carboxylic acids is 1. The van der Waals surface area contributed by atoms with Crippen LogP contribution in [0.25, 0.3) is 0 Å². The second-order valence-corrected chi connectivity index (χ2v) is 7.56. The van der Waals surface area contributed by atoms with Crippen LogP contribution in [0.1, 0.15) is 33.1 Å². The summed E-state index contributed by atoms with van der Waals surface area (Å²) in [5.41, 5.74) is -0.620. The second kappa shape index (κ2) is 3.99. The van der Waals surface area contributed by atoms with Gasteiger partial charge in [-0.15, -0.1) is 0 Å². The van der Waals surface area contributed by atoms with E-state index in [0.717, 1.165) is 12.8 Å². The molecule has 1 aromatic rings. The standard InChI is InChI=1S/C16H19ClN2O2/c1-14-9-21-16(7-10(14)5-6-15(14,16)2)13(20)19-12-4-3-11(17)8-18-12/h3-4,8,10H,5-7,9H2,1-2H3,(H,18,19,20)/t10-,14-,15+,16-/m0/s1. The monoisotopic (exact) mass is 306 g/mol. The Balaban J connectivity index is 1.65. The van der Waals surface area contributed by atoms with E-state index in [2.05, 4.69) is 24.1 Å². The number of nitrogens with zero attached hydrogens (tertiary/aromatic N) is 1. The number of hydrogen-bond acceptors (Lipinski definition) is 3. The minimum absolute atomic E-state index is 0.0502. The van der Waals surface area contributed by atoms with Crippen molar-refractivity contribution in [2.45, 2.75) is 38.7 Å². The number of halogens is 1. The molecule has 5 heteroatoms. The summed E-state index contributed by atoms with van der Waals surface area (Å²) in [6.07, 6.45) is 4.65. The van der Waals surface area contributed by atoms with Gasteiger partial charge in [0.1, 0.15) is 5.82 Å². The first-order valence-electron chi connectivity index (χ1n) is 7.48. The first-order valence-corrected chi connectivity index (χ1v) is 7.86. The Hall–Kier alpha value is -1.13. The lowest BCUT2D eigenvalue weighted by atomic mass is 9.66. The smallest absolute Gasteiger partial charge is 0.258 e. The van der Waals surface area contributed by atoms with Gasteiger partial charge in [0.05, 0.1) is 11.6 Å². The van der Waals surface area contributed by atoms with Crippen molar-refractivity contribution in [1.29, 1.82) is 0 Å². The predicted molar refractivity (Wildman–Crippen MR) is 80.1 cm³/mol. The molecule has 3 aliphatic rings. The summed E-state index contributed by atoms with van der Waals surface area (Å²) in [5.74, 6) is 1.08. The van der Waals surface area contributed by atoms with Crippen LogP contribution in [-0.4, -0.2) is 23.1 Å². The van der Waals surface area contributed by atoms with Gasteiger partial charge in [-0.25, -0.2) is 4.98 Å². The van der Waals surface area contributed by atoms with Gasteiger partial charge in [-0.2, -0.15) is 0 Å². The van der Waals surface area contributed by atoms with Crippen LogP contribution in [0.5, 0.6) is 0 Å². The summed E-state index contributed by atoms with van der Waals surface area (Å²) < 4.78 is 6.07. The summed E-state index contributed by atoms with van der Waals surface area (Å²) in [5, 5.41) is 3.48. The number of ether oxygens (including phenoxy) is 1. The molecule has 0 radical (unpaired) electrons. The molecule has 1 saturated heterocycles. The molecule has 3 fully saturated rings. The van der Waals surface area contributed by atoms with Crippen molar-refractivity contribution in [3.8, 4) is 0 Å². The summed E-state index contributed by atoms with van der Waals surface area (Å²) in [7, 11) is 0. The molecule has 4 atom stereocenters. The fourth-order valence-corrected chi connectivity index (χ4v) is 5.04. The number of pyridine rings is 1. The zero-order valence-corrected chi connectivity index (χ0v) is 13.0. The lowest BCUT2D eigenvalue weighted by molar-refractivity contribution is -0.149. The third-order valence-corrected chi connectivity index (χ3v) is 6.76. The van der Waals surface area contributed by atoms with E-state index in [1.165, 1.54) is 12.6 Å². The summed E-state index contributed by atoms with van der Waals surface area (Å²) >= 11 is 5.83. The number of nitrogens with one attached hydrogen (secondary N) is 1. The third-order valence-electron chi connectivity index (χ3n) is 6.53. The molecule has 2 saturated carbocycles. The van der Waals surface area contributed by atoms with Gasteiger partial charge < -0.3 is 10.1 Å². The number of aromatic nitrogens is 1. The number of amides is 1. The highest BCUT2D eigenvalue weighted by Crippen LogP contribution is 2.75. The van der Waals surface area contributed by atoms with E-state index in [1.807, 2.05) is 0 Å². The maximum Gasteiger partial charge on any atom is 0.258 e. The molecule has 0 aromatic carbocycles. The highest BCUT2D eigenvalue weighted by atomic mass is 35.5. The quantitative estimate of drug-likeness (QED) is 0.912. The Labute approximate surface area is 129 Å². The van der Waals surface area contributed by atoms with Crippen molar-refractivity contribution in [3.05, 3.63) is 23.4 Å². The van der Waals surface area contributed by atoms with E-state index in [9.17, 15) is 4.79 Å². The predicted octanol–water partition coefficient (Wildman–Crippen LogP) is 3.27. The minimum Gasteiger partial charge on any atom is -0.364 e. The fourth-order valence-electron chi connectivity index (χ4n) is 4.92. The largest absolute Gasteiger partial charge is 0.364 e. The maximum atomic E-state index is 12.9. The molecule has 2 heterocycles. The van der Waals surface area contributed by atoms with Gasteiger partial charge in [-0.1, -0.05) is 25.4 Å². The number of hydrogen-bond donors (Lipinski definition) is 1. The number of anilines is 1. The molecule has 0 spiro atoms. The molecule has 112 valence electrons.